The van der Waals surface area contributed by atoms with Crippen LogP contribution in [0, 0.1) is 0 Å². The van der Waals surface area contributed by atoms with Gasteiger partial charge in [-0.15, -0.1) is 13.2 Å². The molecule has 0 aliphatic carbocycles. The van der Waals surface area contributed by atoms with Crippen molar-refractivity contribution in [1.82, 2.24) is 14.3 Å². The van der Waals surface area contributed by atoms with Gasteiger partial charge in [-0.05, 0) is 55.7 Å². The van der Waals surface area contributed by atoms with E-state index >= 15 is 0 Å². The average molecular weight is 546 g/mol. The number of halogens is 3. The fraction of sp³-hybridized carbons (Fsp3) is 0.269. The third kappa shape index (κ3) is 5.55. The first-order valence-electron chi connectivity index (χ1n) is 11.8. The van der Waals surface area contributed by atoms with Gasteiger partial charge in [-0.25, -0.2) is 18.4 Å². The van der Waals surface area contributed by atoms with Gasteiger partial charge in [0.2, 0.25) is 5.09 Å². The van der Waals surface area contributed by atoms with Gasteiger partial charge in [-0.2, -0.15) is 4.31 Å². The SMILES string of the molecule is O=C(CCc1cc(-c2ccc(OC(F)(F)F)cc2)ncn1)[C@@H]1CCCN1S(=O)(=O)c1cc2ccccc2o1. The Kier molecular flexibility index (Phi) is 6.93. The predicted molar refractivity (Wildman–Crippen MR) is 131 cm³/mol. The number of para-hydroxylation sites is 1. The normalized spacial score (nSPS) is 16.7. The largest absolute Gasteiger partial charge is 0.573 e. The summed E-state index contributed by atoms with van der Waals surface area (Å²) in [5.74, 6) is -0.573. The Morgan fingerprint density at radius 3 is 2.58 bits per heavy atom. The van der Waals surface area contributed by atoms with Crippen molar-refractivity contribution in [3.8, 4) is 17.0 Å². The van der Waals surface area contributed by atoms with Crippen molar-refractivity contribution in [2.75, 3.05) is 6.54 Å². The Morgan fingerprint density at radius 1 is 1.08 bits per heavy atom. The van der Waals surface area contributed by atoms with E-state index in [0.29, 0.717) is 40.8 Å². The second-order valence-corrected chi connectivity index (χ2v) is 10.6. The highest BCUT2D eigenvalue weighted by Crippen LogP contribution is 2.31. The Balaban J connectivity index is 1.26. The summed E-state index contributed by atoms with van der Waals surface area (Å²) in [6, 6.07) is 14.5. The second kappa shape index (κ2) is 10.2. The molecule has 0 unspecified atom stereocenters. The molecule has 1 aliphatic heterocycles. The molecule has 1 saturated heterocycles. The van der Waals surface area contributed by atoms with Gasteiger partial charge < -0.3 is 9.15 Å². The van der Waals surface area contributed by atoms with Gasteiger partial charge >= 0.3 is 6.36 Å². The van der Waals surface area contributed by atoms with E-state index in [9.17, 15) is 26.4 Å². The van der Waals surface area contributed by atoms with Crippen LogP contribution in [0.4, 0.5) is 13.2 Å². The van der Waals surface area contributed by atoms with Crippen molar-refractivity contribution in [1.29, 1.82) is 0 Å². The van der Waals surface area contributed by atoms with Crippen LogP contribution in [-0.2, 0) is 21.2 Å². The Bertz CT molecular complexity index is 1540. The van der Waals surface area contributed by atoms with E-state index in [1.54, 1.807) is 30.3 Å². The summed E-state index contributed by atoms with van der Waals surface area (Å²) in [4.78, 5) is 21.4. The van der Waals surface area contributed by atoms with Crippen LogP contribution >= 0.6 is 0 Å². The molecule has 1 fully saturated rings. The van der Waals surface area contributed by atoms with Gasteiger partial charge in [-0.3, -0.25) is 4.79 Å². The number of Topliss-reactive ketones (excluding diaryl/α,β-unsaturated/α-hetero) is 1. The minimum Gasteiger partial charge on any atom is -0.443 e. The van der Waals surface area contributed by atoms with Gasteiger partial charge in [0.1, 0.15) is 17.7 Å². The summed E-state index contributed by atoms with van der Waals surface area (Å²) in [6.07, 6.45) is -2.19. The number of nitrogens with zero attached hydrogens (tertiary/aromatic N) is 3. The molecular weight excluding hydrogens is 523 g/mol. The van der Waals surface area contributed by atoms with Crippen LogP contribution in [0.15, 0.2) is 76.5 Å². The number of aromatic nitrogens is 2. The van der Waals surface area contributed by atoms with Crippen molar-refractivity contribution in [2.45, 2.75) is 43.2 Å². The molecule has 38 heavy (non-hydrogen) atoms. The number of carbonyl (C=O) groups is 1. The number of ketones is 1. The van der Waals surface area contributed by atoms with E-state index in [-0.39, 0.29) is 36.0 Å². The van der Waals surface area contributed by atoms with Crippen molar-refractivity contribution in [2.24, 2.45) is 0 Å². The number of hydrogen-bond acceptors (Lipinski definition) is 7. The van der Waals surface area contributed by atoms with E-state index in [0.717, 1.165) is 0 Å². The molecule has 2 aromatic heterocycles. The Hall–Kier alpha value is -3.77. The standard InChI is InChI=1S/C26H22F3N3O5S/c27-26(28,29)37-20-10-7-17(8-11-20)21-15-19(30-16-31-21)9-12-23(33)22-5-3-13-32(22)38(34,35)25-14-18-4-1-2-6-24(18)36-25/h1-2,4,6-8,10-11,14-16,22H,3,5,9,12-13H2/t22-/m0/s1. The first-order chi connectivity index (χ1) is 18.1. The van der Waals surface area contributed by atoms with E-state index in [1.807, 2.05) is 0 Å². The zero-order valence-corrected chi connectivity index (χ0v) is 20.7. The molecule has 0 spiro atoms. The summed E-state index contributed by atoms with van der Waals surface area (Å²) in [7, 11) is -4.00. The van der Waals surface area contributed by atoms with Gasteiger partial charge in [-0.1, -0.05) is 18.2 Å². The molecule has 0 saturated carbocycles. The minimum atomic E-state index is -4.78. The molecule has 2 aromatic carbocycles. The molecule has 0 radical (unpaired) electrons. The fourth-order valence-electron chi connectivity index (χ4n) is 4.49. The highest BCUT2D eigenvalue weighted by atomic mass is 32.2. The van der Waals surface area contributed by atoms with Gasteiger partial charge in [0.05, 0.1) is 11.7 Å². The lowest BCUT2D eigenvalue weighted by Crippen LogP contribution is -2.40. The molecule has 0 amide bonds. The summed E-state index contributed by atoms with van der Waals surface area (Å²) < 4.78 is 74.4. The lowest BCUT2D eigenvalue weighted by atomic mass is 10.0. The van der Waals surface area contributed by atoms with Crippen LogP contribution in [0.1, 0.15) is 25.0 Å². The maximum atomic E-state index is 13.3. The second-order valence-electron chi connectivity index (χ2n) is 8.81. The highest BCUT2D eigenvalue weighted by Gasteiger charge is 2.40. The number of aryl methyl sites for hydroxylation is 1. The van der Waals surface area contributed by atoms with Crippen molar-refractivity contribution in [3.63, 3.8) is 0 Å². The third-order valence-electron chi connectivity index (χ3n) is 6.28. The molecule has 8 nitrogen and oxygen atoms in total. The molecule has 0 N–H and O–H groups in total. The smallest absolute Gasteiger partial charge is 0.443 e. The van der Waals surface area contributed by atoms with E-state index < -0.39 is 22.4 Å². The lowest BCUT2D eigenvalue weighted by molar-refractivity contribution is -0.274. The van der Waals surface area contributed by atoms with Gasteiger partial charge in [0, 0.05) is 35.7 Å². The van der Waals surface area contributed by atoms with Crippen LogP contribution in [0.25, 0.3) is 22.2 Å². The number of benzene rings is 2. The first-order valence-corrected chi connectivity index (χ1v) is 13.2. The maximum absolute atomic E-state index is 13.3. The average Bonchev–Trinajstić information content (AvgIpc) is 3.55. The number of fused-ring (bicyclic) bond motifs is 1. The number of carbonyl (C=O) groups excluding carboxylic acids is 1. The monoisotopic (exact) mass is 545 g/mol. The molecule has 4 aromatic rings. The third-order valence-corrected chi connectivity index (χ3v) is 8.04. The van der Waals surface area contributed by atoms with E-state index in [1.165, 1.54) is 41.0 Å². The zero-order valence-electron chi connectivity index (χ0n) is 19.9. The quantitative estimate of drug-likeness (QED) is 0.302. The zero-order chi connectivity index (χ0) is 26.9. The van der Waals surface area contributed by atoms with Gasteiger partial charge in [0.25, 0.3) is 10.0 Å². The molecule has 3 heterocycles. The number of alkyl halides is 3. The number of hydrogen-bond donors (Lipinski definition) is 0. The van der Waals surface area contributed by atoms with E-state index in [2.05, 4.69) is 14.7 Å². The van der Waals surface area contributed by atoms with Crippen molar-refractivity contribution >= 4 is 26.8 Å². The van der Waals surface area contributed by atoms with Crippen LogP contribution in [0.3, 0.4) is 0 Å². The molecule has 0 bridgehead atoms. The fourth-order valence-corrected chi connectivity index (χ4v) is 6.12. The first kappa shape index (κ1) is 25.9. The van der Waals surface area contributed by atoms with Gasteiger partial charge in [0.15, 0.2) is 5.78 Å². The highest BCUT2D eigenvalue weighted by molar-refractivity contribution is 7.89. The van der Waals surface area contributed by atoms with E-state index in [4.69, 9.17) is 4.42 Å². The number of ether oxygens (including phenoxy) is 1. The molecule has 12 heteroatoms. The molecule has 198 valence electrons. The Labute approximate surface area is 216 Å². The number of furan rings is 1. The lowest BCUT2D eigenvalue weighted by Gasteiger charge is -2.21. The van der Waals surface area contributed by atoms with Crippen molar-refractivity contribution in [3.05, 3.63) is 72.7 Å². The number of rotatable bonds is 8. The summed E-state index contributed by atoms with van der Waals surface area (Å²) in [6.45, 7) is 0.224. The summed E-state index contributed by atoms with van der Waals surface area (Å²) in [5.41, 5.74) is 2.02. The van der Waals surface area contributed by atoms with Crippen molar-refractivity contribution < 1.29 is 35.5 Å². The molecule has 1 aliphatic rings. The molecule has 1 atom stereocenters. The van der Waals surface area contributed by atoms with Crippen LogP contribution in [0.2, 0.25) is 0 Å². The Morgan fingerprint density at radius 2 is 1.84 bits per heavy atom. The van der Waals surface area contributed by atoms with Crippen LogP contribution < -0.4 is 4.74 Å². The summed E-state index contributed by atoms with van der Waals surface area (Å²) >= 11 is 0. The molecule has 5 rings (SSSR count). The summed E-state index contributed by atoms with van der Waals surface area (Å²) in [5, 5.41) is 0.473. The van der Waals surface area contributed by atoms with Crippen LogP contribution in [-0.4, -0.2) is 47.4 Å². The minimum absolute atomic E-state index is 0.0611. The molecular formula is C26H22F3N3O5S. The van der Waals surface area contributed by atoms with Crippen LogP contribution in [0.5, 0.6) is 5.75 Å². The predicted octanol–water partition coefficient (Wildman–Crippen LogP) is 5.14. The topological polar surface area (TPSA) is 103 Å². The maximum Gasteiger partial charge on any atom is 0.573 e. The number of sulfonamides is 1.